The number of nitrogens with two attached hydrogens (primary N) is 1. The van der Waals surface area contributed by atoms with Crippen LogP contribution in [0.5, 0.6) is 5.75 Å². The predicted octanol–water partition coefficient (Wildman–Crippen LogP) is 0.469. The zero-order valence-corrected chi connectivity index (χ0v) is 21.9. The summed E-state index contributed by atoms with van der Waals surface area (Å²) in [4.78, 5) is 39.3. The zero-order chi connectivity index (χ0) is 27.7. The number of carbonyl (C=O) groups excluding carboxylic acids is 3. The number of hydrogen-bond acceptors (Lipinski definition) is 9. The highest BCUT2D eigenvalue weighted by Crippen LogP contribution is 2.58. The largest absolute Gasteiger partial charge is 0.508 e. The number of ketones is 2. The minimum absolute atomic E-state index is 0.0156. The molecule has 202 valence electrons. The van der Waals surface area contributed by atoms with Crippen LogP contribution in [0, 0.1) is 22.7 Å². The Morgan fingerprint density at radius 3 is 2.43 bits per heavy atom. The van der Waals surface area contributed by atoms with E-state index in [9.17, 15) is 34.8 Å². The van der Waals surface area contributed by atoms with Gasteiger partial charge in [0.05, 0.1) is 11.7 Å². The lowest BCUT2D eigenvalue weighted by atomic mass is 9.49. The summed E-state index contributed by atoms with van der Waals surface area (Å²) in [6.07, 6.45) is -1.20. The number of benzene rings is 1. The third-order valence-electron chi connectivity index (χ3n) is 8.39. The molecule has 10 heteroatoms. The van der Waals surface area contributed by atoms with Gasteiger partial charge in [-0.2, -0.15) is 0 Å². The summed E-state index contributed by atoms with van der Waals surface area (Å²) in [6, 6.07) is 2.55. The number of allylic oxidation sites excluding steroid dienone is 1. The first-order valence-corrected chi connectivity index (χ1v) is 12.5. The van der Waals surface area contributed by atoms with Crippen LogP contribution < -0.4 is 16.4 Å². The van der Waals surface area contributed by atoms with Crippen LogP contribution in [0.2, 0.25) is 0 Å². The Morgan fingerprint density at radius 1 is 1.22 bits per heavy atom. The van der Waals surface area contributed by atoms with Crippen molar-refractivity contribution in [3.8, 4) is 5.75 Å². The third-order valence-corrected chi connectivity index (χ3v) is 8.39. The molecule has 2 unspecified atom stereocenters. The molecule has 0 saturated heterocycles. The van der Waals surface area contributed by atoms with Gasteiger partial charge < -0.3 is 36.8 Å². The number of nitrogens with one attached hydrogen (secondary N) is 2. The molecule has 8 N–H and O–H groups in total. The van der Waals surface area contributed by atoms with Crippen molar-refractivity contribution in [3.63, 3.8) is 0 Å². The van der Waals surface area contributed by atoms with E-state index in [0.717, 1.165) is 0 Å². The fourth-order valence-corrected chi connectivity index (χ4v) is 6.59. The molecule has 4 rings (SSSR count). The van der Waals surface area contributed by atoms with E-state index in [0.29, 0.717) is 24.2 Å². The van der Waals surface area contributed by atoms with Gasteiger partial charge in [0.25, 0.3) is 0 Å². The molecule has 0 aliphatic heterocycles. The molecular weight excluding hydrogens is 478 g/mol. The van der Waals surface area contributed by atoms with Crippen molar-refractivity contribution >= 4 is 17.5 Å². The minimum atomic E-state index is -2.64. The van der Waals surface area contributed by atoms with E-state index < -0.39 is 58.2 Å². The van der Waals surface area contributed by atoms with Crippen molar-refractivity contribution in [1.29, 1.82) is 0 Å². The topological polar surface area (TPSA) is 182 Å². The van der Waals surface area contributed by atoms with Crippen LogP contribution in [0.1, 0.15) is 55.6 Å². The molecule has 3 aliphatic rings. The second-order valence-electron chi connectivity index (χ2n) is 12.1. The number of aromatic hydroxyl groups is 1. The number of fused-ring (bicyclic) bond motifs is 3. The number of hydrogen-bond donors (Lipinski definition) is 7. The SMILES string of the molecule is CN[C@@H]1C(O)C(C(N)=O)C(=O)[C@@]2(O)C(O)=C3C(=O)c4c(ccc(CNCC(C)(C)C)c4O)C[C@H]3C[C@@]12C. The molecule has 0 bridgehead atoms. The lowest BCUT2D eigenvalue weighted by Crippen LogP contribution is -2.75. The first-order valence-electron chi connectivity index (χ1n) is 12.5. The normalized spacial score (nSPS) is 33.6. The fourth-order valence-electron chi connectivity index (χ4n) is 6.59. The maximum Gasteiger partial charge on any atom is 0.230 e. The Balaban J connectivity index is 1.82. The maximum absolute atomic E-state index is 13.7. The number of phenolic OH excluding ortho intramolecular Hbond substituents is 1. The van der Waals surface area contributed by atoms with Gasteiger partial charge in [0.15, 0.2) is 17.2 Å². The van der Waals surface area contributed by atoms with Crippen molar-refractivity contribution in [1.82, 2.24) is 10.6 Å². The highest BCUT2D eigenvalue weighted by atomic mass is 16.4. The van der Waals surface area contributed by atoms with Crippen molar-refractivity contribution < 1.29 is 34.8 Å². The van der Waals surface area contributed by atoms with Crippen molar-refractivity contribution in [2.45, 2.75) is 64.8 Å². The fraction of sp³-hybridized carbons (Fsp3) is 0.593. The maximum atomic E-state index is 13.7. The van der Waals surface area contributed by atoms with Crippen molar-refractivity contribution in [2.24, 2.45) is 28.4 Å². The quantitative estimate of drug-likeness (QED) is 0.274. The summed E-state index contributed by atoms with van der Waals surface area (Å²) in [5.41, 5.74) is 2.28. The molecule has 1 saturated carbocycles. The smallest absolute Gasteiger partial charge is 0.230 e. The van der Waals surface area contributed by atoms with Gasteiger partial charge in [-0.05, 0) is 36.8 Å². The third kappa shape index (κ3) is 3.89. The lowest BCUT2D eigenvalue weighted by molar-refractivity contribution is -0.190. The highest BCUT2D eigenvalue weighted by molar-refractivity contribution is 6.15. The Kier molecular flexibility index (Phi) is 6.56. The minimum Gasteiger partial charge on any atom is -0.508 e. The van der Waals surface area contributed by atoms with Gasteiger partial charge in [-0.3, -0.25) is 14.4 Å². The number of amides is 1. The molecule has 1 amide bonds. The Bertz CT molecular complexity index is 1200. The van der Waals surface area contributed by atoms with E-state index in [1.54, 1.807) is 19.1 Å². The summed E-state index contributed by atoms with van der Waals surface area (Å²) in [7, 11) is 1.51. The number of aliphatic hydroxyl groups is 3. The average Bonchev–Trinajstić information content (AvgIpc) is 2.77. The van der Waals surface area contributed by atoms with Gasteiger partial charge in [0, 0.05) is 35.7 Å². The van der Waals surface area contributed by atoms with E-state index >= 15 is 0 Å². The summed E-state index contributed by atoms with van der Waals surface area (Å²) in [5.74, 6) is -6.39. The second kappa shape index (κ2) is 8.90. The number of Topliss-reactive ketones (excluding diaryl/α,β-unsaturated/α-hetero) is 2. The van der Waals surface area contributed by atoms with Crippen LogP contribution in [0.25, 0.3) is 0 Å². The standard InChI is InChI=1S/C27H37N3O7/c1-25(2,3)11-30-10-13-7-6-12-8-14-9-26(4)21(29-5)20(33)17(24(28)36)23(35)27(26,37)22(34)16(14)19(32)15(12)18(13)31/h6-7,14,17,20-21,29-31,33-34,37H,8-11H2,1-5H3,(H2,28,36)/t14-,17?,20?,21+,26-,27-/m0/s1. The van der Waals surface area contributed by atoms with E-state index in [1.807, 2.05) is 0 Å². The van der Waals surface area contributed by atoms with Gasteiger partial charge in [-0.15, -0.1) is 0 Å². The summed E-state index contributed by atoms with van der Waals surface area (Å²) >= 11 is 0. The monoisotopic (exact) mass is 515 g/mol. The molecule has 37 heavy (non-hydrogen) atoms. The van der Waals surface area contributed by atoms with Gasteiger partial charge >= 0.3 is 0 Å². The highest BCUT2D eigenvalue weighted by Gasteiger charge is 2.71. The number of phenols is 1. The molecule has 0 heterocycles. The van der Waals surface area contributed by atoms with Crippen LogP contribution in [0.3, 0.4) is 0 Å². The van der Waals surface area contributed by atoms with Crippen LogP contribution >= 0.6 is 0 Å². The van der Waals surface area contributed by atoms with Gasteiger partial charge in [-0.1, -0.05) is 39.8 Å². The number of likely N-dealkylation sites (N-methyl/N-ethyl adjacent to an activating group) is 1. The lowest BCUT2D eigenvalue weighted by Gasteiger charge is -2.58. The molecule has 10 nitrogen and oxygen atoms in total. The second-order valence-corrected chi connectivity index (χ2v) is 12.1. The van der Waals surface area contributed by atoms with Crippen molar-refractivity contribution in [2.75, 3.05) is 13.6 Å². The van der Waals surface area contributed by atoms with E-state index in [1.165, 1.54) is 7.05 Å². The molecule has 6 atom stereocenters. The number of rotatable bonds is 5. The van der Waals surface area contributed by atoms with Gasteiger partial charge in [-0.25, -0.2) is 0 Å². The average molecular weight is 516 g/mol. The van der Waals surface area contributed by atoms with Crippen LogP contribution in [-0.4, -0.2) is 69.2 Å². The number of aliphatic hydroxyl groups excluding tert-OH is 2. The van der Waals surface area contributed by atoms with Gasteiger partial charge in [0.1, 0.15) is 17.4 Å². The number of primary amides is 1. The molecule has 0 aromatic heterocycles. The summed E-state index contributed by atoms with van der Waals surface area (Å²) < 4.78 is 0. The van der Waals surface area contributed by atoms with Crippen LogP contribution in [-0.2, 0) is 22.6 Å². The van der Waals surface area contributed by atoms with Crippen LogP contribution in [0.15, 0.2) is 23.5 Å². The molecule has 1 fully saturated rings. The van der Waals surface area contributed by atoms with E-state index in [4.69, 9.17) is 5.73 Å². The molecular formula is C27H37N3O7. The first-order chi connectivity index (χ1) is 17.1. The number of carbonyl (C=O) groups is 3. The molecule has 3 aliphatic carbocycles. The predicted molar refractivity (Wildman–Crippen MR) is 135 cm³/mol. The summed E-state index contributed by atoms with van der Waals surface area (Å²) in [5, 5.41) is 51.3. The molecule has 1 aromatic carbocycles. The molecule has 1 aromatic rings. The Labute approximate surface area is 215 Å². The van der Waals surface area contributed by atoms with E-state index in [2.05, 4.69) is 31.4 Å². The first kappa shape index (κ1) is 27.3. The summed E-state index contributed by atoms with van der Waals surface area (Å²) in [6.45, 7) is 8.75. The Morgan fingerprint density at radius 2 is 1.86 bits per heavy atom. The van der Waals surface area contributed by atoms with E-state index in [-0.39, 0.29) is 35.1 Å². The van der Waals surface area contributed by atoms with Gasteiger partial charge in [0.2, 0.25) is 5.91 Å². The van der Waals surface area contributed by atoms with Crippen molar-refractivity contribution in [3.05, 3.63) is 40.2 Å². The zero-order valence-electron chi connectivity index (χ0n) is 21.9. The molecule has 0 radical (unpaired) electrons. The Hall–Kier alpha value is -2.79. The molecule has 0 spiro atoms. The van der Waals surface area contributed by atoms with Crippen LogP contribution in [0.4, 0.5) is 0 Å².